The molecule has 0 aromatic carbocycles. The van der Waals surface area contributed by atoms with Crippen molar-refractivity contribution in [3.8, 4) is 11.4 Å². The van der Waals surface area contributed by atoms with Crippen molar-refractivity contribution in [1.82, 2.24) is 19.9 Å². The summed E-state index contributed by atoms with van der Waals surface area (Å²) in [6.07, 6.45) is 4.97. The number of nitrogens with two attached hydrogens (primary N) is 2. The number of imidazole rings is 1. The monoisotopic (exact) mass is 348 g/mol. The lowest BCUT2D eigenvalue weighted by atomic mass is 10.1. The number of aromatic amines is 1. The molecule has 1 atom stereocenters. The predicted octanol–water partition coefficient (Wildman–Crippen LogP) is 0.273. The Morgan fingerprint density at radius 3 is 3.00 bits per heavy atom. The van der Waals surface area contributed by atoms with E-state index in [2.05, 4.69) is 24.8 Å². The molecule has 7 nitrogen and oxygen atoms in total. The maximum Gasteiger partial charge on any atom is 0.320 e. The van der Waals surface area contributed by atoms with Crippen molar-refractivity contribution in [3.63, 3.8) is 0 Å². The zero-order valence-corrected chi connectivity index (χ0v) is 13.6. The second-order valence-electron chi connectivity index (χ2n) is 5.93. The zero-order valence-electron chi connectivity index (χ0n) is 13.6. The largest absolute Gasteiger partial charge is 0.355 e. The second-order valence-corrected chi connectivity index (χ2v) is 5.93. The molecule has 0 aliphatic carbocycles. The molecule has 0 amide bonds. The van der Waals surface area contributed by atoms with Crippen LogP contribution in [0.3, 0.4) is 0 Å². The molecule has 0 saturated carbocycles. The van der Waals surface area contributed by atoms with Gasteiger partial charge in [0, 0.05) is 31.3 Å². The number of piperidine rings is 1. The minimum absolute atomic E-state index is 0.146. The molecule has 1 aliphatic heterocycles. The van der Waals surface area contributed by atoms with E-state index >= 15 is 0 Å². The highest BCUT2D eigenvalue weighted by atomic mass is 19.3. The molecular weight excluding hydrogens is 328 g/mol. The second kappa shape index (κ2) is 7.47. The standard InChI is InChI=1S/C16H19F2N7/c17-16(18)11(20)3-4-14-21-7-13(24-14)12-6-15(23-9-22-12)25-5-1-2-10(19)8-25/h3-4,6-7,9-10,16,20H,1-2,5,8,19H2,(H,21,24)/p+1/b4-3-,20-11?. The van der Waals surface area contributed by atoms with Gasteiger partial charge in [0.2, 0.25) is 5.71 Å². The van der Waals surface area contributed by atoms with E-state index in [1.807, 2.05) is 6.07 Å². The third-order valence-electron chi connectivity index (χ3n) is 3.99. The first-order valence-electron chi connectivity index (χ1n) is 7.99. The van der Waals surface area contributed by atoms with Gasteiger partial charge in [-0.2, -0.15) is 8.78 Å². The first kappa shape index (κ1) is 17.2. The highest BCUT2D eigenvalue weighted by Crippen LogP contribution is 2.22. The summed E-state index contributed by atoms with van der Waals surface area (Å²) in [4.78, 5) is 17.8. The minimum Gasteiger partial charge on any atom is -0.355 e. The van der Waals surface area contributed by atoms with E-state index in [1.54, 1.807) is 6.20 Å². The summed E-state index contributed by atoms with van der Waals surface area (Å²) >= 11 is 0. The number of nitrogens with one attached hydrogen (secondary N) is 1. The number of rotatable bonds is 5. The lowest BCUT2D eigenvalue weighted by Gasteiger charge is -2.31. The summed E-state index contributed by atoms with van der Waals surface area (Å²) in [5.41, 5.74) is 6.84. The number of hydrogen-bond acceptors (Lipinski definition) is 5. The van der Waals surface area contributed by atoms with Gasteiger partial charge < -0.3 is 15.6 Å². The van der Waals surface area contributed by atoms with Crippen LogP contribution in [0.2, 0.25) is 0 Å². The molecule has 0 spiro atoms. The van der Waals surface area contributed by atoms with Gasteiger partial charge >= 0.3 is 6.43 Å². The van der Waals surface area contributed by atoms with E-state index in [9.17, 15) is 8.78 Å². The molecular formula is C16H20F2N7+. The Morgan fingerprint density at radius 1 is 1.40 bits per heavy atom. The lowest BCUT2D eigenvalue weighted by molar-refractivity contribution is -0.124. The summed E-state index contributed by atoms with van der Waals surface area (Å²) in [5, 5.41) is 5.20. The molecule has 0 radical (unpaired) electrons. The smallest absolute Gasteiger partial charge is 0.320 e. The van der Waals surface area contributed by atoms with Crippen LogP contribution in [0, 0.1) is 0 Å². The third kappa shape index (κ3) is 4.24. The van der Waals surface area contributed by atoms with Gasteiger partial charge in [-0.3, -0.25) is 5.41 Å². The molecule has 5 N–H and O–H groups in total. The maximum atomic E-state index is 12.4. The number of alkyl halides is 2. The van der Waals surface area contributed by atoms with Crippen LogP contribution in [0.25, 0.3) is 17.5 Å². The lowest BCUT2D eigenvalue weighted by Crippen LogP contribution is -2.43. The number of allylic oxidation sites excluding steroid dienone is 1. The highest BCUT2D eigenvalue weighted by Gasteiger charge is 2.19. The van der Waals surface area contributed by atoms with E-state index in [1.165, 1.54) is 12.4 Å². The quantitative estimate of drug-likeness (QED) is 0.672. The summed E-state index contributed by atoms with van der Waals surface area (Å²) in [7, 11) is 0. The van der Waals surface area contributed by atoms with Crippen LogP contribution < -0.4 is 16.0 Å². The Bertz CT molecular complexity index is 771. The van der Waals surface area contributed by atoms with Crippen molar-refractivity contribution in [2.24, 2.45) is 5.73 Å². The Kier molecular flexibility index (Phi) is 5.13. The molecule has 3 heterocycles. The highest BCUT2D eigenvalue weighted by molar-refractivity contribution is 5.95. The molecule has 0 bridgehead atoms. The average Bonchev–Trinajstić information content (AvgIpc) is 3.09. The molecule has 2 aromatic heterocycles. The van der Waals surface area contributed by atoms with E-state index in [4.69, 9.17) is 11.1 Å². The van der Waals surface area contributed by atoms with E-state index in [0.29, 0.717) is 17.2 Å². The van der Waals surface area contributed by atoms with Gasteiger partial charge in [0.15, 0.2) is 0 Å². The SMILES string of the molecule is NC1CCCN(c2cc(-c3cnc(/C=C\C(=[NH2+])C(F)F)[nH]3)ncn2)C1. The van der Waals surface area contributed by atoms with E-state index in [0.717, 1.165) is 37.8 Å². The summed E-state index contributed by atoms with van der Waals surface area (Å²) < 4.78 is 24.8. The van der Waals surface area contributed by atoms with Crippen molar-refractivity contribution in [1.29, 1.82) is 0 Å². The van der Waals surface area contributed by atoms with Crippen LogP contribution in [0.4, 0.5) is 14.6 Å². The van der Waals surface area contributed by atoms with Crippen LogP contribution in [-0.4, -0.2) is 51.2 Å². The van der Waals surface area contributed by atoms with Gasteiger partial charge in [-0.1, -0.05) is 0 Å². The molecule has 1 fully saturated rings. The minimum atomic E-state index is -2.69. The van der Waals surface area contributed by atoms with Gasteiger partial charge in [-0.25, -0.2) is 15.0 Å². The Labute approximate surface area is 143 Å². The van der Waals surface area contributed by atoms with E-state index in [-0.39, 0.29) is 6.04 Å². The van der Waals surface area contributed by atoms with Crippen molar-refractivity contribution >= 4 is 17.6 Å². The van der Waals surface area contributed by atoms with Crippen molar-refractivity contribution < 1.29 is 14.2 Å². The normalized spacial score (nSPS) is 18.2. The van der Waals surface area contributed by atoms with Gasteiger partial charge in [0.25, 0.3) is 0 Å². The predicted molar refractivity (Wildman–Crippen MR) is 91.0 cm³/mol. The Balaban J connectivity index is 1.76. The number of hydrogen-bond donors (Lipinski definition) is 3. The fourth-order valence-electron chi connectivity index (χ4n) is 2.68. The van der Waals surface area contributed by atoms with Crippen LogP contribution in [0.1, 0.15) is 18.7 Å². The summed E-state index contributed by atoms with van der Waals surface area (Å²) in [5.74, 6) is 1.22. The molecule has 1 saturated heterocycles. The van der Waals surface area contributed by atoms with Crippen LogP contribution in [-0.2, 0) is 0 Å². The third-order valence-corrected chi connectivity index (χ3v) is 3.99. The Morgan fingerprint density at radius 2 is 2.24 bits per heavy atom. The topological polar surface area (TPSA) is 109 Å². The average molecular weight is 348 g/mol. The molecule has 2 aromatic rings. The van der Waals surface area contributed by atoms with Gasteiger partial charge in [0.05, 0.1) is 17.6 Å². The molecule has 25 heavy (non-hydrogen) atoms. The molecule has 132 valence electrons. The fourth-order valence-corrected chi connectivity index (χ4v) is 2.68. The van der Waals surface area contributed by atoms with Crippen molar-refractivity contribution in [2.45, 2.75) is 25.3 Å². The number of nitrogens with zero attached hydrogens (tertiary/aromatic N) is 4. The van der Waals surface area contributed by atoms with Gasteiger partial charge in [-0.15, -0.1) is 0 Å². The molecule has 1 aliphatic rings. The summed E-state index contributed by atoms with van der Waals surface area (Å²) in [6, 6.07) is 2.01. The first-order valence-corrected chi connectivity index (χ1v) is 7.99. The van der Waals surface area contributed by atoms with Crippen molar-refractivity contribution in [3.05, 3.63) is 30.5 Å². The number of anilines is 1. The fraction of sp³-hybridized carbons (Fsp3) is 0.375. The number of halogens is 2. The first-order chi connectivity index (χ1) is 12.0. The number of H-pyrrole nitrogens is 1. The molecule has 1 unspecified atom stereocenters. The van der Waals surface area contributed by atoms with Gasteiger partial charge in [-0.05, 0) is 18.9 Å². The maximum absolute atomic E-state index is 12.4. The number of aromatic nitrogens is 4. The van der Waals surface area contributed by atoms with Crippen LogP contribution >= 0.6 is 0 Å². The van der Waals surface area contributed by atoms with Crippen LogP contribution in [0.15, 0.2) is 24.7 Å². The van der Waals surface area contributed by atoms with Crippen molar-refractivity contribution in [2.75, 3.05) is 18.0 Å². The van der Waals surface area contributed by atoms with Gasteiger partial charge in [0.1, 0.15) is 18.0 Å². The molecule has 3 rings (SSSR count). The zero-order chi connectivity index (χ0) is 17.8. The summed E-state index contributed by atoms with van der Waals surface area (Å²) in [6.45, 7) is 1.67. The van der Waals surface area contributed by atoms with E-state index < -0.39 is 12.1 Å². The Hall–Kier alpha value is -2.68. The molecule has 9 heteroatoms. The van der Waals surface area contributed by atoms with Crippen LogP contribution in [0.5, 0.6) is 0 Å².